The molecule has 1 aliphatic heterocycles. The molecule has 0 saturated heterocycles. The molecular formula is C16H16N2O4. The molecule has 1 unspecified atom stereocenters. The van der Waals surface area contributed by atoms with E-state index in [0.29, 0.717) is 35.8 Å². The Kier molecular flexibility index (Phi) is 4.20. The minimum atomic E-state index is -0.818. The van der Waals surface area contributed by atoms with Crippen molar-refractivity contribution in [3.05, 3.63) is 53.9 Å². The first-order chi connectivity index (χ1) is 10.7. The number of benzene rings is 1. The standard InChI is InChI=1S/C16H16N2O4/c19-13(10-18-16(20)11-3-5-17-6-4-11)12-1-2-14-15(9-12)22-8-7-21-14/h1-6,9,13,19H,7-8,10H2,(H,18,20). The molecule has 1 aliphatic rings. The van der Waals surface area contributed by atoms with E-state index in [0.717, 1.165) is 0 Å². The molecule has 22 heavy (non-hydrogen) atoms. The molecule has 2 heterocycles. The summed E-state index contributed by atoms with van der Waals surface area (Å²) in [5, 5.41) is 12.9. The van der Waals surface area contributed by atoms with Gasteiger partial charge in [-0.15, -0.1) is 0 Å². The molecule has 0 fully saturated rings. The molecule has 2 aromatic rings. The highest BCUT2D eigenvalue weighted by Crippen LogP contribution is 2.32. The molecule has 2 N–H and O–H groups in total. The molecular weight excluding hydrogens is 284 g/mol. The molecule has 0 spiro atoms. The fraction of sp³-hybridized carbons (Fsp3) is 0.250. The molecule has 6 nitrogen and oxygen atoms in total. The Balaban J connectivity index is 1.62. The molecule has 1 amide bonds. The number of amides is 1. The number of nitrogens with zero attached hydrogens (tertiary/aromatic N) is 1. The van der Waals surface area contributed by atoms with E-state index >= 15 is 0 Å². The number of nitrogens with one attached hydrogen (secondary N) is 1. The average Bonchev–Trinajstić information content (AvgIpc) is 2.59. The smallest absolute Gasteiger partial charge is 0.251 e. The summed E-state index contributed by atoms with van der Waals surface area (Å²) in [5.41, 5.74) is 1.17. The van der Waals surface area contributed by atoms with Gasteiger partial charge in [0, 0.05) is 24.5 Å². The zero-order valence-corrected chi connectivity index (χ0v) is 11.9. The maximum Gasteiger partial charge on any atom is 0.251 e. The molecule has 0 aliphatic carbocycles. The molecule has 3 rings (SSSR count). The fourth-order valence-electron chi connectivity index (χ4n) is 2.18. The van der Waals surface area contributed by atoms with Crippen molar-refractivity contribution in [2.24, 2.45) is 0 Å². The Morgan fingerprint density at radius 3 is 2.68 bits per heavy atom. The van der Waals surface area contributed by atoms with Crippen LogP contribution in [0.4, 0.5) is 0 Å². The number of fused-ring (bicyclic) bond motifs is 1. The average molecular weight is 300 g/mol. The van der Waals surface area contributed by atoms with Gasteiger partial charge in [0.15, 0.2) is 11.5 Å². The Morgan fingerprint density at radius 1 is 1.18 bits per heavy atom. The van der Waals surface area contributed by atoms with Gasteiger partial charge >= 0.3 is 0 Å². The number of carbonyl (C=O) groups is 1. The summed E-state index contributed by atoms with van der Waals surface area (Å²) in [6.45, 7) is 1.13. The SMILES string of the molecule is O=C(NCC(O)c1ccc2c(c1)OCCO2)c1ccncc1. The predicted molar refractivity (Wildman–Crippen MR) is 79.0 cm³/mol. The van der Waals surface area contributed by atoms with Crippen LogP contribution in [0, 0.1) is 0 Å². The first-order valence-electron chi connectivity index (χ1n) is 7.00. The van der Waals surface area contributed by atoms with Crippen LogP contribution in [0.1, 0.15) is 22.0 Å². The molecule has 1 atom stereocenters. The first kappa shape index (κ1) is 14.3. The highest BCUT2D eigenvalue weighted by molar-refractivity contribution is 5.93. The molecule has 0 saturated carbocycles. The monoisotopic (exact) mass is 300 g/mol. The minimum absolute atomic E-state index is 0.112. The number of rotatable bonds is 4. The second-order valence-electron chi connectivity index (χ2n) is 4.86. The second kappa shape index (κ2) is 6.44. The molecule has 0 bridgehead atoms. The van der Waals surface area contributed by atoms with Crippen molar-refractivity contribution in [3.63, 3.8) is 0 Å². The molecule has 114 valence electrons. The largest absolute Gasteiger partial charge is 0.486 e. The Morgan fingerprint density at radius 2 is 1.91 bits per heavy atom. The third-order valence-corrected chi connectivity index (χ3v) is 3.35. The van der Waals surface area contributed by atoms with Crippen LogP contribution in [0.3, 0.4) is 0 Å². The number of aromatic nitrogens is 1. The topological polar surface area (TPSA) is 80.7 Å². The summed E-state index contributed by atoms with van der Waals surface area (Å²) < 4.78 is 10.9. The van der Waals surface area contributed by atoms with Crippen LogP contribution >= 0.6 is 0 Å². The quantitative estimate of drug-likeness (QED) is 0.890. The number of aliphatic hydroxyl groups is 1. The summed E-state index contributed by atoms with van der Waals surface area (Å²) >= 11 is 0. The summed E-state index contributed by atoms with van der Waals surface area (Å²) in [7, 11) is 0. The molecule has 1 aromatic heterocycles. The lowest BCUT2D eigenvalue weighted by Gasteiger charge is -2.20. The highest BCUT2D eigenvalue weighted by Gasteiger charge is 2.16. The summed E-state index contributed by atoms with van der Waals surface area (Å²) in [6.07, 6.45) is 2.28. The van der Waals surface area contributed by atoms with Gasteiger partial charge in [0.2, 0.25) is 0 Å². The predicted octanol–water partition coefficient (Wildman–Crippen LogP) is 1.32. The van der Waals surface area contributed by atoms with Gasteiger partial charge in [0.05, 0.1) is 6.10 Å². The van der Waals surface area contributed by atoms with E-state index in [9.17, 15) is 9.90 Å². The van der Waals surface area contributed by atoms with Gasteiger partial charge in [-0.05, 0) is 29.8 Å². The lowest BCUT2D eigenvalue weighted by Crippen LogP contribution is -2.28. The van der Waals surface area contributed by atoms with Crippen LogP contribution in [0.2, 0.25) is 0 Å². The van der Waals surface area contributed by atoms with Crippen LogP contribution in [0.5, 0.6) is 11.5 Å². The number of ether oxygens (including phenoxy) is 2. The van der Waals surface area contributed by atoms with Crippen LogP contribution in [-0.2, 0) is 0 Å². The zero-order chi connectivity index (χ0) is 15.4. The van der Waals surface area contributed by atoms with Crippen LogP contribution in [-0.4, -0.2) is 35.8 Å². The van der Waals surface area contributed by atoms with Crippen molar-refractivity contribution < 1.29 is 19.4 Å². The Bertz CT molecular complexity index is 660. The molecule has 1 aromatic carbocycles. The van der Waals surface area contributed by atoms with Gasteiger partial charge in [0.1, 0.15) is 13.2 Å². The first-order valence-corrected chi connectivity index (χ1v) is 7.00. The third-order valence-electron chi connectivity index (χ3n) is 3.35. The molecule has 6 heteroatoms. The van der Waals surface area contributed by atoms with Crippen molar-refractivity contribution in [1.82, 2.24) is 10.3 Å². The minimum Gasteiger partial charge on any atom is -0.486 e. The number of hydrogen-bond acceptors (Lipinski definition) is 5. The number of pyridine rings is 1. The van der Waals surface area contributed by atoms with Crippen molar-refractivity contribution in [2.45, 2.75) is 6.10 Å². The lowest BCUT2D eigenvalue weighted by molar-refractivity contribution is 0.0915. The number of carbonyl (C=O) groups excluding carboxylic acids is 1. The lowest BCUT2D eigenvalue weighted by atomic mass is 10.1. The fourth-order valence-corrected chi connectivity index (χ4v) is 2.18. The second-order valence-corrected chi connectivity index (χ2v) is 4.86. The van der Waals surface area contributed by atoms with E-state index in [1.165, 1.54) is 0 Å². The number of aliphatic hydroxyl groups excluding tert-OH is 1. The normalized spacial score (nSPS) is 14.2. The van der Waals surface area contributed by atoms with E-state index in [1.807, 2.05) is 0 Å². The van der Waals surface area contributed by atoms with Gasteiger partial charge in [-0.25, -0.2) is 0 Å². The van der Waals surface area contributed by atoms with Gasteiger partial charge < -0.3 is 19.9 Å². The third kappa shape index (κ3) is 3.17. The highest BCUT2D eigenvalue weighted by atomic mass is 16.6. The van der Waals surface area contributed by atoms with Crippen molar-refractivity contribution in [1.29, 1.82) is 0 Å². The molecule has 0 radical (unpaired) electrons. The van der Waals surface area contributed by atoms with Gasteiger partial charge in [-0.1, -0.05) is 6.07 Å². The van der Waals surface area contributed by atoms with Gasteiger partial charge in [-0.2, -0.15) is 0 Å². The summed E-state index contributed by atoms with van der Waals surface area (Å²) in [6, 6.07) is 8.49. The van der Waals surface area contributed by atoms with Crippen LogP contribution in [0.25, 0.3) is 0 Å². The van der Waals surface area contributed by atoms with E-state index in [1.54, 1.807) is 42.7 Å². The van der Waals surface area contributed by atoms with E-state index in [2.05, 4.69) is 10.3 Å². The van der Waals surface area contributed by atoms with Crippen LogP contribution in [0.15, 0.2) is 42.7 Å². The van der Waals surface area contributed by atoms with E-state index in [4.69, 9.17) is 9.47 Å². The van der Waals surface area contributed by atoms with Crippen molar-refractivity contribution in [2.75, 3.05) is 19.8 Å². The maximum atomic E-state index is 11.9. The van der Waals surface area contributed by atoms with Crippen molar-refractivity contribution >= 4 is 5.91 Å². The van der Waals surface area contributed by atoms with E-state index < -0.39 is 6.10 Å². The van der Waals surface area contributed by atoms with Crippen LogP contribution < -0.4 is 14.8 Å². The van der Waals surface area contributed by atoms with E-state index in [-0.39, 0.29) is 12.5 Å². The van der Waals surface area contributed by atoms with Gasteiger partial charge in [-0.3, -0.25) is 9.78 Å². The summed E-state index contributed by atoms with van der Waals surface area (Å²) in [4.78, 5) is 15.8. The Hall–Kier alpha value is -2.60. The maximum absolute atomic E-state index is 11.9. The number of hydrogen-bond donors (Lipinski definition) is 2. The van der Waals surface area contributed by atoms with Crippen molar-refractivity contribution in [3.8, 4) is 11.5 Å². The Labute approximate surface area is 127 Å². The zero-order valence-electron chi connectivity index (χ0n) is 11.9. The summed E-state index contributed by atoms with van der Waals surface area (Å²) in [5.74, 6) is 1.03. The van der Waals surface area contributed by atoms with Gasteiger partial charge in [0.25, 0.3) is 5.91 Å².